The van der Waals surface area contributed by atoms with Crippen molar-refractivity contribution in [3.63, 3.8) is 0 Å². The van der Waals surface area contributed by atoms with E-state index in [4.69, 9.17) is 12.2 Å². The maximum absolute atomic E-state index is 5.24. The lowest BCUT2D eigenvalue weighted by Crippen LogP contribution is -2.23. The number of anilines is 4. The number of hydrogen-bond donors (Lipinski definition) is 2. The van der Waals surface area contributed by atoms with Crippen molar-refractivity contribution in [2.45, 2.75) is 0 Å². The zero-order chi connectivity index (χ0) is 21.3. The number of benzene rings is 3. The van der Waals surface area contributed by atoms with E-state index >= 15 is 0 Å². The summed E-state index contributed by atoms with van der Waals surface area (Å²) in [6.07, 6.45) is 5.14. The Balaban J connectivity index is 1.46. The lowest BCUT2D eigenvalue weighted by atomic mass is 10.1. The van der Waals surface area contributed by atoms with Gasteiger partial charge >= 0.3 is 0 Å². The Hall–Kier alpha value is -4.03. The predicted octanol–water partition coefficient (Wildman–Crippen LogP) is 5.87. The molecule has 0 spiro atoms. The summed E-state index contributed by atoms with van der Waals surface area (Å²) in [4.78, 5) is 6.25. The van der Waals surface area contributed by atoms with Crippen molar-refractivity contribution in [1.29, 1.82) is 0 Å². The van der Waals surface area contributed by atoms with Crippen LogP contribution in [0.25, 0.3) is 0 Å². The number of nitrogens with one attached hydrogen (secondary N) is 2. The van der Waals surface area contributed by atoms with Gasteiger partial charge < -0.3 is 10.2 Å². The van der Waals surface area contributed by atoms with Crippen molar-refractivity contribution >= 4 is 46.3 Å². The molecule has 2 N–H and O–H groups in total. The van der Waals surface area contributed by atoms with Crippen LogP contribution in [0.2, 0.25) is 0 Å². The Morgan fingerprint density at radius 3 is 1.97 bits per heavy atom. The summed E-state index contributed by atoms with van der Waals surface area (Å²) < 4.78 is 0. The van der Waals surface area contributed by atoms with Gasteiger partial charge in [-0.3, -0.25) is 10.4 Å². The molecular weight excluding hydrogens is 402 g/mol. The van der Waals surface area contributed by atoms with E-state index in [1.165, 1.54) is 0 Å². The average molecular weight is 424 g/mol. The fourth-order valence-corrected chi connectivity index (χ4v) is 3.24. The molecule has 0 atom stereocenters. The first kappa shape index (κ1) is 20.3. The number of rotatable bonds is 6. The highest BCUT2D eigenvalue weighted by molar-refractivity contribution is 7.80. The fraction of sp³-hybridized carbons (Fsp3) is 0. The molecule has 5 nitrogen and oxygen atoms in total. The molecule has 0 fully saturated rings. The average Bonchev–Trinajstić information content (AvgIpc) is 2.82. The van der Waals surface area contributed by atoms with Gasteiger partial charge in [0.05, 0.1) is 18.1 Å². The van der Waals surface area contributed by atoms with Crippen molar-refractivity contribution in [3.05, 3.63) is 115 Å². The Bertz CT molecular complexity index is 1090. The van der Waals surface area contributed by atoms with E-state index in [9.17, 15) is 0 Å². The van der Waals surface area contributed by atoms with Gasteiger partial charge in [-0.05, 0) is 66.3 Å². The summed E-state index contributed by atoms with van der Waals surface area (Å²) in [6.45, 7) is 0. The molecule has 0 radical (unpaired) electrons. The Morgan fingerprint density at radius 1 is 0.774 bits per heavy atom. The minimum absolute atomic E-state index is 0.403. The van der Waals surface area contributed by atoms with Gasteiger partial charge in [0.15, 0.2) is 5.11 Å². The van der Waals surface area contributed by atoms with E-state index < -0.39 is 0 Å². The first-order valence-electron chi connectivity index (χ1n) is 9.80. The second-order valence-corrected chi connectivity index (χ2v) is 7.07. The standard InChI is InChI=1S/C25H21N5S/c31-25(28-21-8-7-17-26-19-21)29-27-18-20-13-15-24(16-14-20)30(22-9-3-1-4-10-22)23-11-5-2-6-12-23/h1-19H,(H2,28,29,31). The van der Waals surface area contributed by atoms with Crippen LogP contribution in [0.15, 0.2) is 115 Å². The van der Waals surface area contributed by atoms with Crippen LogP contribution in [0.5, 0.6) is 0 Å². The number of hydrogen-bond acceptors (Lipinski definition) is 4. The molecule has 31 heavy (non-hydrogen) atoms. The quantitative estimate of drug-likeness (QED) is 0.231. The summed E-state index contributed by atoms with van der Waals surface area (Å²) in [5, 5.41) is 7.64. The minimum Gasteiger partial charge on any atom is -0.330 e. The second kappa shape index (κ2) is 10.1. The fourth-order valence-electron chi connectivity index (χ4n) is 3.07. The smallest absolute Gasteiger partial charge is 0.191 e. The molecule has 0 aliphatic rings. The van der Waals surface area contributed by atoms with Crippen LogP contribution in [-0.4, -0.2) is 16.3 Å². The van der Waals surface area contributed by atoms with E-state index in [0.29, 0.717) is 5.11 Å². The van der Waals surface area contributed by atoms with Gasteiger partial charge in [-0.15, -0.1) is 0 Å². The third-order valence-corrected chi connectivity index (χ3v) is 4.67. The Labute approximate surface area is 187 Å². The van der Waals surface area contributed by atoms with Crippen molar-refractivity contribution in [1.82, 2.24) is 10.4 Å². The largest absolute Gasteiger partial charge is 0.330 e. The highest BCUT2D eigenvalue weighted by atomic mass is 32.1. The highest BCUT2D eigenvalue weighted by Gasteiger charge is 2.11. The zero-order valence-corrected chi connectivity index (χ0v) is 17.5. The molecule has 1 aromatic heterocycles. The minimum atomic E-state index is 0.403. The molecule has 0 saturated carbocycles. The lowest BCUT2D eigenvalue weighted by molar-refractivity contribution is 1.05. The van der Waals surface area contributed by atoms with Gasteiger partial charge in [0.2, 0.25) is 0 Å². The molecule has 152 valence electrons. The Morgan fingerprint density at radius 2 is 1.39 bits per heavy atom. The third kappa shape index (κ3) is 5.52. The number of para-hydroxylation sites is 2. The summed E-state index contributed by atoms with van der Waals surface area (Å²) in [7, 11) is 0. The van der Waals surface area contributed by atoms with E-state index in [1.807, 2.05) is 60.7 Å². The van der Waals surface area contributed by atoms with Crippen LogP contribution in [-0.2, 0) is 0 Å². The van der Waals surface area contributed by atoms with Crippen molar-refractivity contribution < 1.29 is 0 Å². The van der Waals surface area contributed by atoms with Crippen LogP contribution in [0.1, 0.15) is 5.56 Å². The maximum Gasteiger partial charge on any atom is 0.191 e. The van der Waals surface area contributed by atoms with Gasteiger partial charge in [0, 0.05) is 23.3 Å². The second-order valence-electron chi connectivity index (χ2n) is 6.66. The maximum atomic E-state index is 5.24. The van der Waals surface area contributed by atoms with Crippen molar-refractivity contribution in [3.8, 4) is 0 Å². The predicted molar refractivity (Wildman–Crippen MR) is 132 cm³/mol. The molecule has 0 aliphatic carbocycles. The number of pyridine rings is 1. The van der Waals surface area contributed by atoms with Crippen LogP contribution in [0, 0.1) is 0 Å². The number of aromatic nitrogens is 1. The summed E-state index contributed by atoms with van der Waals surface area (Å²) in [5.74, 6) is 0. The molecule has 0 unspecified atom stereocenters. The normalized spacial score (nSPS) is 10.6. The molecule has 3 aromatic carbocycles. The van der Waals surface area contributed by atoms with Crippen LogP contribution >= 0.6 is 12.2 Å². The topological polar surface area (TPSA) is 52.6 Å². The van der Waals surface area contributed by atoms with Gasteiger partial charge in [-0.2, -0.15) is 5.10 Å². The summed E-state index contributed by atoms with van der Waals surface area (Å²) in [5.41, 5.74) is 7.85. The number of thiocarbonyl (C=S) groups is 1. The molecule has 1 heterocycles. The first-order valence-corrected chi connectivity index (χ1v) is 10.2. The van der Waals surface area contributed by atoms with E-state index in [1.54, 1.807) is 18.6 Å². The zero-order valence-electron chi connectivity index (χ0n) is 16.7. The number of nitrogens with zero attached hydrogens (tertiary/aromatic N) is 3. The first-order chi connectivity index (χ1) is 15.3. The molecule has 4 aromatic rings. The monoisotopic (exact) mass is 423 g/mol. The van der Waals surface area contributed by atoms with E-state index in [2.05, 4.69) is 62.1 Å². The lowest BCUT2D eigenvalue weighted by Gasteiger charge is -2.25. The molecule has 0 bridgehead atoms. The molecule has 4 rings (SSSR count). The van der Waals surface area contributed by atoms with Crippen LogP contribution in [0.3, 0.4) is 0 Å². The summed E-state index contributed by atoms with van der Waals surface area (Å²) in [6, 6.07) is 32.5. The molecule has 0 aliphatic heterocycles. The molecular formula is C25H21N5S. The van der Waals surface area contributed by atoms with Crippen LogP contribution < -0.4 is 15.6 Å². The van der Waals surface area contributed by atoms with Gasteiger partial charge in [-0.1, -0.05) is 48.5 Å². The third-order valence-electron chi connectivity index (χ3n) is 4.48. The Kier molecular flexibility index (Phi) is 6.62. The van der Waals surface area contributed by atoms with Gasteiger partial charge in [0.1, 0.15) is 0 Å². The van der Waals surface area contributed by atoms with Crippen molar-refractivity contribution in [2.24, 2.45) is 5.10 Å². The molecule has 0 saturated heterocycles. The van der Waals surface area contributed by atoms with Crippen LogP contribution in [0.4, 0.5) is 22.7 Å². The number of hydrazone groups is 1. The molecule has 0 amide bonds. The van der Waals surface area contributed by atoms with Crippen molar-refractivity contribution in [2.75, 3.05) is 10.2 Å². The van der Waals surface area contributed by atoms with E-state index in [0.717, 1.165) is 28.3 Å². The highest BCUT2D eigenvalue weighted by Crippen LogP contribution is 2.33. The molecule has 6 heteroatoms. The van der Waals surface area contributed by atoms with E-state index in [-0.39, 0.29) is 0 Å². The van der Waals surface area contributed by atoms with Gasteiger partial charge in [-0.25, -0.2) is 0 Å². The SMILES string of the molecule is S=C(NN=Cc1ccc(N(c2ccccc2)c2ccccc2)cc1)Nc1cccnc1. The summed E-state index contributed by atoms with van der Waals surface area (Å²) >= 11 is 5.24. The van der Waals surface area contributed by atoms with Gasteiger partial charge in [0.25, 0.3) is 0 Å².